The van der Waals surface area contributed by atoms with Crippen molar-refractivity contribution in [2.75, 3.05) is 6.54 Å². The van der Waals surface area contributed by atoms with Crippen LogP contribution in [0.25, 0.3) is 5.65 Å². The Hall–Kier alpha value is -1.35. The molecule has 0 fully saturated rings. The molecule has 0 aliphatic heterocycles. The highest BCUT2D eigenvalue weighted by Gasteiger charge is 2.19. The lowest BCUT2D eigenvalue weighted by atomic mass is 10.00. The van der Waals surface area contributed by atoms with E-state index in [1.54, 1.807) is 0 Å². The molecule has 0 aromatic carbocycles. The van der Waals surface area contributed by atoms with Crippen molar-refractivity contribution in [3.8, 4) is 0 Å². The largest absolute Gasteiger partial charge is 0.330 e. The molecular formula is C14H21N3. The summed E-state index contributed by atoms with van der Waals surface area (Å²) in [6.07, 6.45) is 2.15. The Balaban J connectivity index is 2.73. The number of imidazole rings is 1. The van der Waals surface area contributed by atoms with Gasteiger partial charge in [-0.2, -0.15) is 0 Å². The first-order chi connectivity index (χ1) is 8.04. The molecular weight excluding hydrogens is 210 g/mol. The van der Waals surface area contributed by atoms with Gasteiger partial charge in [-0.1, -0.05) is 26.8 Å². The molecule has 0 aliphatic rings. The van der Waals surface area contributed by atoms with Gasteiger partial charge in [-0.25, -0.2) is 4.98 Å². The van der Waals surface area contributed by atoms with Gasteiger partial charge in [0.2, 0.25) is 0 Å². The lowest BCUT2D eigenvalue weighted by molar-refractivity contribution is 0.701. The zero-order valence-corrected chi connectivity index (χ0v) is 11.1. The second-order valence-corrected chi connectivity index (χ2v) is 5.11. The summed E-state index contributed by atoms with van der Waals surface area (Å²) in [5.74, 6) is 0.767. The van der Waals surface area contributed by atoms with Crippen LogP contribution >= 0.6 is 0 Å². The Labute approximate surface area is 103 Å². The Morgan fingerprint density at radius 1 is 1.29 bits per heavy atom. The molecule has 0 radical (unpaired) electrons. The smallest absolute Gasteiger partial charge is 0.137 e. The van der Waals surface area contributed by atoms with Crippen LogP contribution in [0.5, 0.6) is 0 Å². The second kappa shape index (κ2) is 4.49. The minimum Gasteiger partial charge on any atom is -0.330 e. The highest BCUT2D eigenvalue weighted by molar-refractivity contribution is 5.46. The molecule has 2 aromatic rings. The van der Waals surface area contributed by atoms with Gasteiger partial charge in [-0.05, 0) is 24.5 Å². The van der Waals surface area contributed by atoms with Gasteiger partial charge in [0.25, 0.3) is 0 Å². The van der Waals surface area contributed by atoms with Crippen LogP contribution in [0.15, 0.2) is 18.3 Å². The Morgan fingerprint density at radius 3 is 2.59 bits per heavy atom. The van der Waals surface area contributed by atoms with E-state index in [1.165, 1.54) is 17.0 Å². The SMILES string of the molecule is Cc1ccc2nc(C(C)C)c(C(C)CN)n2c1. The Bertz CT molecular complexity index is 525. The number of aromatic nitrogens is 2. The standard InChI is InChI=1S/C14H21N3/c1-9(2)13-14(11(4)7-15)17-8-10(3)5-6-12(17)16-13/h5-6,8-9,11H,7,15H2,1-4H3. The summed E-state index contributed by atoms with van der Waals surface area (Å²) < 4.78 is 2.20. The number of rotatable bonds is 3. The number of aryl methyl sites for hydroxylation is 1. The third-order valence-electron chi connectivity index (χ3n) is 3.20. The summed E-state index contributed by atoms with van der Waals surface area (Å²) in [5.41, 5.74) is 10.5. The number of fused-ring (bicyclic) bond motifs is 1. The first-order valence-electron chi connectivity index (χ1n) is 6.23. The summed E-state index contributed by atoms with van der Waals surface area (Å²) in [6.45, 7) is 9.28. The highest BCUT2D eigenvalue weighted by atomic mass is 15.0. The zero-order chi connectivity index (χ0) is 12.6. The van der Waals surface area contributed by atoms with E-state index in [9.17, 15) is 0 Å². The molecule has 3 heteroatoms. The maximum absolute atomic E-state index is 5.82. The van der Waals surface area contributed by atoms with Gasteiger partial charge >= 0.3 is 0 Å². The van der Waals surface area contributed by atoms with Crippen LogP contribution in [-0.4, -0.2) is 15.9 Å². The van der Waals surface area contributed by atoms with Crippen molar-refractivity contribution in [3.05, 3.63) is 35.3 Å². The van der Waals surface area contributed by atoms with E-state index < -0.39 is 0 Å². The van der Waals surface area contributed by atoms with E-state index in [-0.39, 0.29) is 0 Å². The van der Waals surface area contributed by atoms with E-state index in [0.29, 0.717) is 18.4 Å². The highest BCUT2D eigenvalue weighted by Crippen LogP contribution is 2.26. The Morgan fingerprint density at radius 2 is 2.00 bits per heavy atom. The van der Waals surface area contributed by atoms with Crippen LogP contribution in [0.2, 0.25) is 0 Å². The van der Waals surface area contributed by atoms with Crippen molar-refractivity contribution in [2.24, 2.45) is 5.73 Å². The van der Waals surface area contributed by atoms with Crippen molar-refractivity contribution in [3.63, 3.8) is 0 Å². The van der Waals surface area contributed by atoms with Crippen LogP contribution in [0.3, 0.4) is 0 Å². The van der Waals surface area contributed by atoms with Crippen molar-refractivity contribution < 1.29 is 0 Å². The summed E-state index contributed by atoms with van der Waals surface area (Å²) in [4.78, 5) is 4.73. The van der Waals surface area contributed by atoms with Gasteiger partial charge in [0.15, 0.2) is 0 Å². The van der Waals surface area contributed by atoms with E-state index in [2.05, 4.69) is 50.4 Å². The van der Waals surface area contributed by atoms with Gasteiger partial charge in [0, 0.05) is 24.4 Å². The molecule has 0 spiro atoms. The monoisotopic (exact) mass is 231 g/mol. The molecule has 1 atom stereocenters. The predicted molar refractivity (Wildman–Crippen MR) is 71.5 cm³/mol. The summed E-state index contributed by atoms with van der Waals surface area (Å²) in [7, 11) is 0. The molecule has 2 aromatic heterocycles. The van der Waals surface area contributed by atoms with E-state index in [4.69, 9.17) is 10.7 Å². The average molecular weight is 231 g/mol. The lowest BCUT2D eigenvalue weighted by Crippen LogP contribution is -2.13. The van der Waals surface area contributed by atoms with Gasteiger partial charge < -0.3 is 10.1 Å². The first-order valence-corrected chi connectivity index (χ1v) is 6.23. The van der Waals surface area contributed by atoms with Crippen molar-refractivity contribution in [1.29, 1.82) is 0 Å². The van der Waals surface area contributed by atoms with Crippen LogP contribution in [0.4, 0.5) is 0 Å². The van der Waals surface area contributed by atoms with Crippen LogP contribution in [-0.2, 0) is 0 Å². The van der Waals surface area contributed by atoms with Gasteiger partial charge in [0.05, 0.1) is 5.69 Å². The first kappa shape index (κ1) is 12.1. The molecule has 0 aliphatic carbocycles. The molecule has 0 bridgehead atoms. The number of nitrogens with zero attached hydrogens (tertiary/aromatic N) is 2. The van der Waals surface area contributed by atoms with Gasteiger partial charge in [-0.15, -0.1) is 0 Å². The van der Waals surface area contributed by atoms with E-state index in [0.717, 1.165) is 5.65 Å². The van der Waals surface area contributed by atoms with Crippen LogP contribution < -0.4 is 5.73 Å². The fraction of sp³-hybridized carbons (Fsp3) is 0.500. The fourth-order valence-corrected chi connectivity index (χ4v) is 2.21. The summed E-state index contributed by atoms with van der Waals surface area (Å²) >= 11 is 0. The summed E-state index contributed by atoms with van der Waals surface area (Å²) in [5, 5.41) is 0. The number of hydrogen-bond donors (Lipinski definition) is 1. The van der Waals surface area contributed by atoms with Crippen LogP contribution in [0, 0.1) is 6.92 Å². The van der Waals surface area contributed by atoms with Crippen molar-refractivity contribution in [1.82, 2.24) is 9.38 Å². The topological polar surface area (TPSA) is 43.3 Å². The molecule has 92 valence electrons. The third-order valence-corrected chi connectivity index (χ3v) is 3.20. The maximum atomic E-state index is 5.82. The molecule has 3 nitrogen and oxygen atoms in total. The van der Waals surface area contributed by atoms with E-state index >= 15 is 0 Å². The molecule has 2 rings (SSSR count). The van der Waals surface area contributed by atoms with E-state index in [1.807, 2.05) is 0 Å². The molecule has 0 amide bonds. The molecule has 1 unspecified atom stereocenters. The second-order valence-electron chi connectivity index (χ2n) is 5.11. The quantitative estimate of drug-likeness (QED) is 0.882. The van der Waals surface area contributed by atoms with Crippen molar-refractivity contribution >= 4 is 5.65 Å². The molecule has 2 N–H and O–H groups in total. The minimum atomic E-state index is 0.337. The average Bonchev–Trinajstić information content (AvgIpc) is 2.66. The lowest BCUT2D eigenvalue weighted by Gasteiger charge is -2.13. The zero-order valence-electron chi connectivity index (χ0n) is 11.1. The van der Waals surface area contributed by atoms with Crippen LogP contribution in [0.1, 0.15) is 49.6 Å². The van der Waals surface area contributed by atoms with Gasteiger partial charge in [-0.3, -0.25) is 0 Å². The number of pyridine rings is 1. The molecule has 17 heavy (non-hydrogen) atoms. The third kappa shape index (κ3) is 2.07. The fourth-order valence-electron chi connectivity index (χ4n) is 2.21. The molecule has 0 saturated heterocycles. The predicted octanol–water partition coefficient (Wildman–Crippen LogP) is 2.83. The summed E-state index contributed by atoms with van der Waals surface area (Å²) in [6, 6.07) is 4.18. The molecule has 2 heterocycles. The normalized spacial score (nSPS) is 13.5. The van der Waals surface area contributed by atoms with Crippen molar-refractivity contribution in [2.45, 2.75) is 39.5 Å². The number of nitrogens with two attached hydrogens (primary N) is 1. The Kier molecular flexibility index (Phi) is 3.20. The number of hydrogen-bond acceptors (Lipinski definition) is 2. The maximum Gasteiger partial charge on any atom is 0.137 e. The molecule has 0 saturated carbocycles. The minimum absolute atomic E-state index is 0.337. The van der Waals surface area contributed by atoms with Gasteiger partial charge in [0.1, 0.15) is 5.65 Å².